The molecule has 0 unspecified atom stereocenters. The second-order valence-electron chi connectivity index (χ2n) is 3.82. The van der Waals surface area contributed by atoms with Crippen LogP contribution in [0.25, 0.3) is 0 Å². The molecule has 5 heteroatoms. The fraction of sp³-hybridized carbons (Fsp3) is 0.800. The molecule has 0 aliphatic heterocycles. The molecule has 2 atom stereocenters. The van der Waals surface area contributed by atoms with E-state index in [9.17, 15) is 14.7 Å². The van der Waals surface area contributed by atoms with Crippen molar-refractivity contribution in [1.29, 1.82) is 0 Å². The number of esters is 2. The van der Waals surface area contributed by atoms with Crippen molar-refractivity contribution in [2.24, 2.45) is 0 Å². The molecule has 1 aliphatic carbocycles. The molecule has 1 saturated carbocycles. The van der Waals surface area contributed by atoms with Gasteiger partial charge in [-0.2, -0.15) is 0 Å². The molecule has 0 aromatic heterocycles. The summed E-state index contributed by atoms with van der Waals surface area (Å²) in [5, 5.41) is 9.49. The zero-order chi connectivity index (χ0) is 11.4. The van der Waals surface area contributed by atoms with Crippen LogP contribution < -0.4 is 0 Å². The summed E-state index contributed by atoms with van der Waals surface area (Å²) in [5.41, 5.74) is 0. The molecule has 0 bridgehead atoms. The monoisotopic (exact) mass is 216 g/mol. The number of hydrogen-bond acceptors (Lipinski definition) is 5. The SMILES string of the molecule is CC(=O)O[C@H]1CC(O)C[C@H](OC(C)=O)C1. The number of hydrogen-bond donors (Lipinski definition) is 1. The first-order valence-electron chi connectivity index (χ1n) is 5.00. The first-order valence-corrected chi connectivity index (χ1v) is 5.00. The molecule has 1 N–H and O–H groups in total. The summed E-state index contributed by atoms with van der Waals surface area (Å²) in [6, 6.07) is 0. The molecule has 0 aromatic carbocycles. The molecule has 1 aliphatic rings. The summed E-state index contributed by atoms with van der Waals surface area (Å²) in [4.78, 5) is 21.5. The highest BCUT2D eigenvalue weighted by Gasteiger charge is 2.31. The number of ether oxygens (including phenoxy) is 2. The van der Waals surface area contributed by atoms with E-state index < -0.39 is 6.10 Å². The number of carbonyl (C=O) groups excluding carboxylic acids is 2. The van der Waals surface area contributed by atoms with Crippen LogP contribution in [0, 0.1) is 0 Å². The largest absolute Gasteiger partial charge is 0.462 e. The zero-order valence-corrected chi connectivity index (χ0v) is 8.93. The first kappa shape index (κ1) is 12.0. The van der Waals surface area contributed by atoms with Gasteiger partial charge in [-0.1, -0.05) is 0 Å². The Morgan fingerprint density at radius 2 is 1.40 bits per heavy atom. The van der Waals surface area contributed by atoms with Gasteiger partial charge in [0.15, 0.2) is 0 Å². The maximum Gasteiger partial charge on any atom is 0.302 e. The van der Waals surface area contributed by atoms with Crippen LogP contribution in [0.2, 0.25) is 0 Å². The Kier molecular flexibility index (Phi) is 4.08. The summed E-state index contributed by atoms with van der Waals surface area (Å²) in [6.07, 6.45) is 0.0175. The van der Waals surface area contributed by atoms with E-state index in [1.54, 1.807) is 0 Å². The highest BCUT2D eigenvalue weighted by molar-refractivity contribution is 5.66. The third kappa shape index (κ3) is 4.29. The minimum atomic E-state index is -0.576. The van der Waals surface area contributed by atoms with Crippen LogP contribution in [-0.4, -0.2) is 35.4 Å². The lowest BCUT2D eigenvalue weighted by Gasteiger charge is -2.31. The van der Waals surface area contributed by atoms with Gasteiger partial charge < -0.3 is 14.6 Å². The number of aliphatic hydroxyl groups is 1. The number of aliphatic hydroxyl groups excluding tert-OH is 1. The van der Waals surface area contributed by atoms with Gasteiger partial charge in [0, 0.05) is 33.1 Å². The van der Waals surface area contributed by atoms with E-state index >= 15 is 0 Å². The van der Waals surface area contributed by atoms with Crippen molar-refractivity contribution in [1.82, 2.24) is 0 Å². The summed E-state index contributed by atoms with van der Waals surface area (Å²) < 4.78 is 9.97. The molecule has 15 heavy (non-hydrogen) atoms. The molecule has 0 aromatic rings. The molecular weight excluding hydrogens is 200 g/mol. The summed E-state index contributed by atoms with van der Waals surface area (Å²) in [7, 11) is 0. The molecule has 0 radical (unpaired) electrons. The Bertz CT molecular complexity index is 226. The third-order valence-corrected chi connectivity index (χ3v) is 2.26. The van der Waals surface area contributed by atoms with E-state index in [2.05, 4.69) is 0 Å². The summed E-state index contributed by atoms with van der Waals surface area (Å²) in [6.45, 7) is 2.64. The average Bonchev–Trinajstić information content (AvgIpc) is 1.98. The molecule has 0 spiro atoms. The van der Waals surface area contributed by atoms with Crippen molar-refractivity contribution in [2.75, 3.05) is 0 Å². The van der Waals surface area contributed by atoms with E-state index in [4.69, 9.17) is 9.47 Å². The van der Waals surface area contributed by atoms with Crippen molar-refractivity contribution in [3.8, 4) is 0 Å². The first-order chi connectivity index (χ1) is 6.97. The average molecular weight is 216 g/mol. The molecule has 1 rings (SSSR count). The molecule has 0 saturated heterocycles. The fourth-order valence-corrected chi connectivity index (χ4v) is 1.85. The minimum absolute atomic E-state index is 0.351. The number of carbonyl (C=O) groups is 2. The lowest BCUT2D eigenvalue weighted by molar-refractivity contribution is -0.160. The summed E-state index contributed by atoms with van der Waals surface area (Å²) in [5.74, 6) is -0.758. The predicted molar refractivity (Wildman–Crippen MR) is 51.0 cm³/mol. The highest BCUT2D eigenvalue weighted by Crippen LogP contribution is 2.24. The number of rotatable bonds is 2. The third-order valence-electron chi connectivity index (χ3n) is 2.26. The molecule has 1 fully saturated rings. The van der Waals surface area contributed by atoms with Crippen LogP contribution in [-0.2, 0) is 19.1 Å². The van der Waals surface area contributed by atoms with Crippen molar-refractivity contribution >= 4 is 11.9 Å². The van der Waals surface area contributed by atoms with E-state index in [0.29, 0.717) is 19.3 Å². The minimum Gasteiger partial charge on any atom is -0.462 e. The van der Waals surface area contributed by atoms with Crippen LogP contribution in [0.1, 0.15) is 33.1 Å². The van der Waals surface area contributed by atoms with Gasteiger partial charge in [0.1, 0.15) is 12.2 Å². The lowest BCUT2D eigenvalue weighted by Crippen LogP contribution is -2.37. The van der Waals surface area contributed by atoms with Crippen LogP contribution in [0.5, 0.6) is 0 Å². The van der Waals surface area contributed by atoms with E-state index in [-0.39, 0.29) is 24.1 Å². The highest BCUT2D eigenvalue weighted by atomic mass is 16.6. The topological polar surface area (TPSA) is 72.8 Å². The van der Waals surface area contributed by atoms with Gasteiger partial charge in [0.25, 0.3) is 0 Å². The Balaban J connectivity index is 2.47. The normalized spacial score (nSPS) is 30.7. The molecule has 5 nitrogen and oxygen atoms in total. The smallest absolute Gasteiger partial charge is 0.302 e. The zero-order valence-electron chi connectivity index (χ0n) is 8.93. The van der Waals surface area contributed by atoms with Gasteiger partial charge in [0.05, 0.1) is 6.10 Å². The van der Waals surface area contributed by atoms with Crippen LogP contribution in [0.4, 0.5) is 0 Å². The van der Waals surface area contributed by atoms with Crippen molar-refractivity contribution in [2.45, 2.75) is 51.4 Å². The van der Waals surface area contributed by atoms with Crippen LogP contribution in [0.15, 0.2) is 0 Å². The van der Waals surface area contributed by atoms with Gasteiger partial charge in [0.2, 0.25) is 0 Å². The Morgan fingerprint density at radius 1 is 1.00 bits per heavy atom. The van der Waals surface area contributed by atoms with E-state index in [0.717, 1.165) is 0 Å². The predicted octanol–water partition coefficient (Wildman–Crippen LogP) is 0.395. The van der Waals surface area contributed by atoms with Gasteiger partial charge >= 0.3 is 11.9 Å². The molecule has 0 amide bonds. The Morgan fingerprint density at radius 3 is 1.73 bits per heavy atom. The molecular formula is C10H16O5. The maximum atomic E-state index is 10.7. The van der Waals surface area contributed by atoms with Crippen molar-refractivity contribution in [3.63, 3.8) is 0 Å². The van der Waals surface area contributed by atoms with E-state index in [1.165, 1.54) is 13.8 Å². The lowest BCUT2D eigenvalue weighted by atomic mass is 9.92. The molecule has 0 heterocycles. The Labute approximate surface area is 88.4 Å². The van der Waals surface area contributed by atoms with Gasteiger partial charge in [-0.25, -0.2) is 0 Å². The van der Waals surface area contributed by atoms with Gasteiger partial charge in [-0.05, 0) is 0 Å². The van der Waals surface area contributed by atoms with Crippen LogP contribution in [0.3, 0.4) is 0 Å². The summed E-state index contributed by atoms with van der Waals surface area (Å²) >= 11 is 0. The van der Waals surface area contributed by atoms with Crippen molar-refractivity contribution in [3.05, 3.63) is 0 Å². The standard InChI is InChI=1S/C10H16O5/c1-6(11)14-9-3-8(13)4-10(5-9)15-7(2)12/h8-10,13H,3-5H2,1-2H3/t9-,10-/m0/s1. The second-order valence-corrected chi connectivity index (χ2v) is 3.82. The van der Waals surface area contributed by atoms with Crippen molar-refractivity contribution < 1.29 is 24.2 Å². The Hall–Kier alpha value is -1.10. The van der Waals surface area contributed by atoms with E-state index in [1.807, 2.05) is 0 Å². The molecule has 86 valence electrons. The second kappa shape index (κ2) is 5.11. The maximum absolute atomic E-state index is 10.7. The van der Waals surface area contributed by atoms with Crippen LogP contribution >= 0.6 is 0 Å². The fourth-order valence-electron chi connectivity index (χ4n) is 1.85. The quantitative estimate of drug-likeness (QED) is 0.676. The van der Waals surface area contributed by atoms with Gasteiger partial charge in [-0.3, -0.25) is 9.59 Å². The van der Waals surface area contributed by atoms with Gasteiger partial charge in [-0.15, -0.1) is 0 Å².